The van der Waals surface area contributed by atoms with Crippen LogP contribution in [0.25, 0.3) is 20.4 Å². The van der Waals surface area contributed by atoms with Gasteiger partial charge in [-0.15, -0.1) is 11.3 Å². The number of aryl methyl sites for hydroxylation is 3. The van der Waals surface area contributed by atoms with E-state index in [4.69, 9.17) is 4.74 Å². The third-order valence-electron chi connectivity index (χ3n) is 4.69. The lowest BCUT2D eigenvalue weighted by Gasteiger charge is -2.11. The number of fused-ring (bicyclic) bond motifs is 3. The second kappa shape index (κ2) is 7.29. The molecule has 0 radical (unpaired) electrons. The largest absolute Gasteiger partial charge is 0.495 e. The van der Waals surface area contributed by atoms with Crippen LogP contribution >= 0.6 is 11.3 Å². The van der Waals surface area contributed by atoms with Crippen molar-refractivity contribution in [3.8, 4) is 5.75 Å². The Morgan fingerprint density at radius 2 is 2.03 bits per heavy atom. The number of benzene rings is 1. The summed E-state index contributed by atoms with van der Waals surface area (Å²) in [5.41, 5.74) is 3.88. The molecule has 0 fully saturated rings. The maximum atomic E-state index is 13.0. The highest BCUT2D eigenvalue weighted by Crippen LogP contribution is 2.31. The molecule has 1 amide bonds. The van der Waals surface area contributed by atoms with Crippen LogP contribution in [-0.4, -0.2) is 27.6 Å². The van der Waals surface area contributed by atoms with Crippen LogP contribution in [-0.2, 0) is 11.3 Å². The average Bonchev–Trinajstić information content (AvgIpc) is 3.03. The number of hydrogen-bond acceptors (Lipinski definition) is 6. The number of methoxy groups -OCH3 is 1. The van der Waals surface area contributed by atoms with Crippen LogP contribution in [0.15, 0.2) is 35.4 Å². The number of nitrogens with one attached hydrogen (secondary N) is 1. The van der Waals surface area contributed by atoms with Crippen molar-refractivity contribution in [2.45, 2.75) is 27.3 Å². The molecule has 1 N–H and O–H groups in total. The summed E-state index contributed by atoms with van der Waals surface area (Å²) in [5.74, 6) is 0.231. The number of rotatable bonds is 4. The second-order valence-electron chi connectivity index (χ2n) is 6.97. The first kappa shape index (κ1) is 19.1. The van der Waals surface area contributed by atoms with E-state index >= 15 is 0 Å². The SMILES string of the molecule is COc1ccc(C)cc1NC(=O)Cn1cnc2c(sc3nc(C)cc(C)c32)c1=O. The lowest BCUT2D eigenvalue weighted by molar-refractivity contribution is -0.116. The molecular weight excluding hydrogens is 388 g/mol. The van der Waals surface area contributed by atoms with Gasteiger partial charge in [-0.05, 0) is 50.1 Å². The van der Waals surface area contributed by atoms with Crippen molar-refractivity contribution in [2.75, 3.05) is 12.4 Å². The fourth-order valence-electron chi connectivity index (χ4n) is 3.38. The minimum atomic E-state index is -0.330. The van der Waals surface area contributed by atoms with Gasteiger partial charge >= 0.3 is 0 Å². The zero-order chi connectivity index (χ0) is 20.7. The van der Waals surface area contributed by atoms with Crippen molar-refractivity contribution in [1.82, 2.24) is 14.5 Å². The average molecular weight is 408 g/mol. The number of carbonyl (C=O) groups excluding carboxylic acids is 1. The smallest absolute Gasteiger partial charge is 0.271 e. The van der Waals surface area contributed by atoms with Gasteiger partial charge in [-0.3, -0.25) is 14.2 Å². The topological polar surface area (TPSA) is 86.1 Å². The van der Waals surface area contributed by atoms with Crippen molar-refractivity contribution < 1.29 is 9.53 Å². The first-order valence-corrected chi connectivity index (χ1v) is 9.89. The van der Waals surface area contributed by atoms with E-state index in [1.165, 1.54) is 22.2 Å². The lowest BCUT2D eigenvalue weighted by Crippen LogP contribution is -2.27. The van der Waals surface area contributed by atoms with Gasteiger partial charge in [0.15, 0.2) is 0 Å². The number of anilines is 1. The summed E-state index contributed by atoms with van der Waals surface area (Å²) >= 11 is 1.31. The molecule has 7 nitrogen and oxygen atoms in total. The molecule has 0 saturated heterocycles. The molecular formula is C21H20N4O3S. The predicted molar refractivity (Wildman–Crippen MR) is 115 cm³/mol. The zero-order valence-corrected chi connectivity index (χ0v) is 17.4. The third kappa shape index (κ3) is 3.47. The maximum absolute atomic E-state index is 13.0. The second-order valence-corrected chi connectivity index (χ2v) is 7.97. The van der Waals surface area contributed by atoms with E-state index in [9.17, 15) is 9.59 Å². The molecule has 0 saturated carbocycles. The van der Waals surface area contributed by atoms with E-state index in [-0.39, 0.29) is 18.0 Å². The highest BCUT2D eigenvalue weighted by atomic mass is 32.1. The highest BCUT2D eigenvalue weighted by Gasteiger charge is 2.16. The van der Waals surface area contributed by atoms with Crippen LogP contribution in [0.3, 0.4) is 0 Å². The minimum absolute atomic E-state index is 0.140. The molecule has 0 aliphatic rings. The van der Waals surface area contributed by atoms with Crippen molar-refractivity contribution in [3.63, 3.8) is 0 Å². The predicted octanol–water partition coefficient (Wildman–Crippen LogP) is 3.58. The van der Waals surface area contributed by atoms with Gasteiger partial charge in [0.25, 0.3) is 5.56 Å². The molecule has 0 aliphatic heterocycles. The number of amides is 1. The summed E-state index contributed by atoms with van der Waals surface area (Å²) in [6.45, 7) is 5.70. The molecule has 0 bridgehead atoms. The summed E-state index contributed by atoms with van der Waals surface area (Å²) < 4.78 is 7.11. The third-order valence-corrected chi connectivity index (χ3v) is 5.75. The highest BCUT2D eigenvalue weighted by molar-refractivity contribution is 7.25. The normalized spacial score (nSPS) is 11.2. The van der Waals surface area contributed by atoms with E-state index in [1.807, 2.05) is 39.0 Å². The fourth-order valence-corrected chi connectivity index (χ4v) is 4.58. The fraction of sp³-hybridized carbons (Fsp3) is 0.238. The Kier molecular flexibility index (Phi) is 4.79. The minimum Gasteiger partial charge on any atom is -0.495 e. The van der Waals surface area contributed by atoms with Crippen LogP contribution < -0.4 is 15.6 Å². The Bertz CT molecular complexity index is 1320. The van der Waals surface area contributed by atoms with Crippen molar-refractivity contribution in [3.05, 3.63) is 57.8 Å². The van der Waals surface area contributed by atoms with Crippen LogP contribution in [0.5, 0.6) is 5.75 Å². The molecule has 148 valence electrons. The quantitative estimate of drug-likeness (QED) is 0.558. The number of nitrogens with zero attached hydrogens (tertiary/aromatic N) is 3. The van der Waals surface area contributed by atoms with Crippen molar-refractivity contribution in [2.24, 2.45) is 0 Å². The van der Waals surface area contributed by atoms with Gasteiger partial charge in [-0.25, -0.2) is 9.97 Å². The van der Waals surface area contributed by atoms with Crippen LogP contribution in [0, 0.1) is 20.8 Å². The number of hydrogen-bond donors (Lipinski definition) is 1. The molecule has 1 aromatic carbocycles. The van der Waals surface area contributed by atoms with Crippen LogP contribution in [0.2, 0.25) is 0 Å². The molecule has 0 atom stereocenters. The van der Waals surface area contributed by atoms with E-state index in [1.54, 1.807) is 13.2 Å². The van der Waals surface area contributed by atoms with Crippen LogP contribution in [0.4, 0.5) is 5.69 Å². The van der Waals surface area contributed by atoms with Crippen LogP contribution in [0.1, 0.15) is 16.8 Å². The first-order valence-electron chi connectivity index (χ1n) is 9.07. The van der Waals surface area contributed by atoms with E-state index in [0.717, 1.165) is 27.0 Å². The Hall–Kier alpha value is -3.26. The van der Waals surface area contributed by atoms with E-state index in [2.05, 4.69) is 15.3 Å². The molecule has 4 aromatic rings. The molecule has 29 heavy (non-hydrogen) atoms. The molecule has 0 aliphatic carbocycles. The van der Waals surface area contributed by atoms with Gasteiger partial charge in [0.05, 0.1) is 24.6 Å². The number of aromatic nitrogens is 3. The monoisotopic (exact) mass is 408 g/mol. The van der Waals surface area contributed by atoms with Crippen molar-refractivity contribution >= 4 is 43.4 Å². The number of pyridine rings is 1. The van der Waals surface area contributed by atoms with E-state index in [0.29, 0.717) is 21.7 Å². The van der Waals surface area contributed by atoms with Gasteiger partial charge in [0, 0.05) is 11.1 Å². The van der Waals surface area contributed by atoms with Gasteiger partial charge < -0.3 is 10.1 Å². The van der Waals surface area contributed by atoms with Gasteiger partial charge in [0.1, 0.15) is 21.8 Å². The summed E-state index contributed by atoms with van der Waals surface area (Å²) in [5, 5.41) is 3.71. The molecule has 3 heterocycles. The van der Waals surface area contributed by atoms with Gasteiger partial charge in [0.2, 0.25) is 5.91 Å². The number of ether oxygens (including phenoxy) is 1. The van der Waals surface area contributed by atoms with Crippen molar-refractivity contribution in [1.29, 1.82) is 0 Å². The lowest BCUT2D eigenvalue weighted by atomic mass is 10.1. The Morgan fingerprint density at radius 1 is 1.24 bits per heavy atom. The molecule has 8 heteroatoms. The standard InChI is InChI=1S/C21H20N4O3S/c1-11-5-6-15(28-4)14(7-11)24-16(26)9-25-10-22-18-17-12(2)8-13(3)23-20(17)29-19(18)21(25)27/h5-8,10H,9H2,1-4H3,(H,24,26). The molecule has 0 unspecified atom stereocenters. The summed E-state index contributed by atoms with van der Waals surface area (Å²) in [6.07, 6.45) is 1.42. The van der Waals surface area contributed by atoms with Gasteiger partial charge in [-0.2, -0.15) is 0 Å². The summed E-state index contributed by atoms with van der Waals surface area (Å²) in [6, 6.07) is 7.49. The Morgan fingerprint density at radius 3 is 2.79 bits per heavy atom. The van der Waals surface area contributed by atoms with E-state index < -0.39 is 0 Å². The van der Waals surface area contributed by atoms with Gasteiger partial charge in [-0.1, -0.05) is 6.07 Å². The number of carbonyl (C=O) groups is 1. The molecule has 0 spiro atoms. The molecule has 4 rings (SSSR count). The summed E-state index contributed by atoms with van der Waals surface area (Å²) in [7, 11) is 1.54. The number of thiophene rings is 1. The maximum Gasteiger partial charge on any atom is 0.271 e. The summed E-state index contributed by atoms with van der Waals surface area (Å²) in [4.78, 5) is 35.3. The Labute approximate surface area is 171 Å². The first-order chi connectivity index (χ1) is 13.9. The molecule has 3 aromatic heterocycles. The Balaban J connectivity index is 1.68. The zero-order valence-electron chi connectivity index (χ0n) is 16.6.